The predicted molar refractivity (Wildman–Crippen MR) is 120 cm³/mol. The van der Waals surface area contributed by atoms with Gasteiger partial charge < -0.3 is 4.74 Å². The molecule has 0 aliphatic rings. The van der Waals surface area contributed by atoms with Crippen molar-refractivity contribution in [1.82, 2.24) is 4.98 Å². The fourth-order valence-electron chi connectivity index (χ4n) is 2.71. The predicted octanol–water partition coefficient (Wildman–Crippen LogP) is 6.52. The van der Waals surface area contributed by atoms with Crippen molar-refractivity contribution in [3.63, 3.8) is 0 Å². The number of benzene rings is 2. The van der Waals surface area contributed by atoms with Crippen LogP contribution in [0.4, 0.5) is 5.13 Å². The Morgan fingerprint density at radius 2 is 1.82 bits per heavy atom. The first-order chi connectivity index (χ1) is 13.7. The van der Waals surface area contributed by atoms with Gasteiger partial charge in [0.25, 0.3) is 0 Å². The Morgan fingerprint density at radius 1 is 1.04 bits per heavy atom. The van der Waals surface area contributed by atoms with Gasteiger partial charge in [-0.3, -0.25) is 5.43 Å². The largest absolute Gasteiger partial charge is 0.494 e. The van der Waals surface area contributed by atoms with E-state index in [1.54, 1.807) is 17.6 Å². The second-order valence-electron chi connectivity index (χ2n) is 6.75. The fraction of sp³-hybridized carbons (Fsp3) is 0.304. The van der Waals surface area contributed by atoms with Crippen LogP contribution in [0.2, 0.25) is 0 Å². The minimum atomic E-state index is 0.777. The Bertz CT molecular complexity index is 870. The molecule has 1 N–H and O–H groups in total. The number of aryl methyl sites for hydroxylation is 1. The zero-order valence-corrected chi connectivity index (χ0v) is 17.3. The SMILES string of the molecule is CCCCCCOc1ccc(/C=N\Nc2nc(-c3ccc(C)cc3)cs2)cc1. The van der Waals surface area contributed by atoms with Gasteiger partial charge in [0.2, 0.25) is 5.13 Å². The maximum absolute atomic E-state index is 5.77. The number of ether oxygens (including phenoxy) is 1. The van der Waals surface area contributed by atoms with Gasteiger partial charge in [0, 0.05) is 10.9 Å². The van der Waals surface area contributed by atoms with Crippen molar-refractivity contribution < 1.29 is 4.74 Å². The van der Waals surface area contributed by atoms with Crippen LogP contribution in [0.1, 0.15) is 43.7 Å². The number of hydrogen-bond donors (Lipinski definition) is 1. The monoisotopic (exact) mass is 393 g/mol. The summed E-state index contributed by atoms with van der Waals surface area (Å²) in [6.45, 7) is 5.08. The lowest BCUT2D eigenvalue weighted by Crippen LogP contribution is -1.97. The van der Waals surface area contributed by atoms with Gasteiger partial charge in [-0.15, -0.1) is 11.3 Å². The van der Waals surface area contributed by atoms with Crippen LogP contribution in [0.3, 0.4) is 0 Å². The van der Waals surface area contributed by atoms with Crippen LogP contribution in [0, 0.1) is 6.92 Å². The first-order valence-electron chi connectivity index (χ1n) is 9.79. The number of nitrogens with zero attached hydrogens (tertiary/aromatic N) is 2. The number of unbranched alkanes of at least 4 members (excludes halogenated alkanes) is 3. The van der Waals surface area contributed by atoms with E-state index in [2.05, 4.69) is 53.6 Å². The lowest BCUT2D eigenvalue weighted by atomic mass is 10.1. The third-order valence-corrected chi connectivity index (χ3v) is 5.12. The lowest BCUT2D eigenvalue weighted by Gasteiger charge is -2.05. The number of anilines is 1. The highest BCUT2D eigenvalue weighted by molar-refractivity contribution is 7.14. The molecular formula is C23H27N3OS. The van der Waals surface area contributed by atoms with E-state index in [9.17, 15) is 0 Å². The molecule has 1 heterocycles. The maximum Gasteiger partial charge on any atom is 0.203 e. The quantitative estimate of drug-likeness (QED) is 0.242. The van der Waals surface area contributed by atoms with Gasteiger partial charge in [-0.05, 0) is 43.2 Å². The number of nitrogens with one attached hydrogen (secondary N) is 1. The summed E-state index contributed by atoms with van der Waals surface area (Å²) in [6.07, 6.45) is 6.65. The van der Waals surface area contributed by atoms with Crippen LogP contribution in [0.15, 0.2) is 59.0 Å². The standard InChI is InChI=1S/C23H27N3OS/c1-3-4-5-6-15-27-21-13-9-19(10-14-21)16-24-26-23-25-22(17-28-23)20-11-7-18(2)8-12-20/h7-14,16-17H,3-6,15H2,1-2H3,(H,25,26)/b24-16-. The summed E-state index contributed by atoms with van der Waals surface area (Å²) in [5, 5.41) is 7.10. The van der Waals surface area contributed by atoms with Crippen LogP contribution in [-0.2, 0) is 0 Å². The number of rotatable bonds is 10. The minimum Gasteiger partial charge on any atom is -0.494 e. The molecule has 1 aromatic heterocycles. The van der Waals surface area contributed by atoms with Gasteiger partial charge in [-0.25, -0.2) is 4.98 Å². The molecule has 0 bridgehead atoms. The molecule has 0 fully saturated rings. The van der Waals surface area contributed by atoms with Crippen molar-refractivity contribution >= 4 is 22.7 Å². The molecule has 146 valence electrons. The fourth-order valence-corrected chi connectivity index (χ4v) is 3.38. The van der Waals surface area contributed by atoms with Gasteiger partial charge in [0.1, 0.15) is 5.75 Å². The molecule has 0 spiro atoms. The molecule has 0 saturated heterocycles. The summed E-state index contributed by atoms with van der Waals surface area (Å²) in [5.41, 5.74) is 7.35. The van der Waals surface area contributed by atoms with Crippen molar-refractivity contribution in [3.8, 4) is 17.0 Å². The normalized spacial score (nSPS) is 11.1. The van der Waals surface area contributed by atoms with Gasteiger partial charge in [0.05, 0.1) is 18.5 Å². The average Bonchev–Trinajstić information content (AvgIpc) is 3.18. The van der Waals surface area contributed by atoms with Crippen LogP contribution >= 0.6 is 11.3 Å². The second kappa shape index (κ2) is 10.6. The topological polar surface area (TPSA) is 46.5 Å². The van der Waals surface area contributed by atoms with E-state index in [0.29, 0.717) is 0 Å². The molecule has 0 unspecified atom stereocenters. The molecule has 0 amide bonds. The lowest BCUT2D eigenvalue weighted by molar-refractivity contribution is 0.305. The molecule has 5 heteroatoms. The van der Waals surface area contributed by atoms with E-state index in [1.165, 1.54) is 24.8 Å². The second-order valence-corrected chi connectivity index (χ2v) is 7.61. The third-order valence-electron chi connectivity index (χ3n) is 4.37. The van der Waals surface area contributed by atoms with E-state index in [0.717, 1.165) is 40.7 Å². The summed E-state index contributed by atoms with van der Waals surface area (Å²) >= 11 is 1.54. The van der Waals surface area contributed by atoms with E-state index in [-0.39, 0.29) is 0 Å². The Balaban J connectivity index is 1.47. The van der Waals surface area contributed by atoms with Crippen molar-refractivity contribution in [2.45, 2.75) is 39.5 Å². The van der Waals surface area contributed by atoms with Crippen LogP contribution < -0.4 is 10.2 Å². The van der Waals surface area contributed by atoms with E-state index in [4.69, 9.17) is 4.74 Å². The molecule has 2 aromatic carbocycles. The summed E-state index contributed by atoms with van der Waals surface area (Å²) in [7, 11) is 0. The van der Waals surface area contributed by atoms with Crippen LogP contribution in [0.25, 0.3) is 11.3 Å². The molecule has 0 radical (unpaired) electrons. The van der Waals surface area contributed by atoms with Crippen molar-refractivity contribution in [2.75, 3.05) is 12.0 Å². The summed E-state index contributed by atoms with van der Waals surface area (Å²) in [6, 6.07) is 16.4. The third kappa shape index (κ3) is 6.20. The zero-order chi connectivity index (χ0) is 19.6. The number of hydrazone groups is 1. The Kier molecular flexibility index (Phi) is 7.62. The minimum absolute atomic E-state index is 0.777. The first kappa shape index (κ1) is 20.1. The first-order valence-corrected chi connectivity index (χ1v) is 10.7. The van der Waals surface area contributed by atoms with Gasteiger partial charge >= 0.3 is 0 Å². The number of aromatic nitrogens is 1. The van der Waals surface area contributed by atoms with Gasteiger partial charge in [-0.1, -0.05) is 56.0 Å². The highest BCUT2D eigenvalue weighted by Gasteiger charge is 2.03. The zero-order valence-electron chi connectivity index (χ0n) is 16.5. The Morgan fingerprint density at radius 3 is 2.57 bits per heavy atom. The Labute approximate surface area is 171 Å². The number of thiazole rings is 1. The van der Waals surface area contributed by atoms with E-state index < -0.39 is 0 Å². The summed E-state index contributed by atoms with van der Waals surface area (Å²) in [5.74, 6) is 0.907. The molecule has 3 aromatic rings. The molecule has 3 rings (SSSR count). The summed E-state index contributed by atoms with van der Waals surface area (Å²) in [4.78, 5) is 4.58. The molecule has 0 aliphatic heterocycles. The summed E-state index contributed by atoms with van der Waals surface area (Å²) < 4.78 is 5.77. The van der Waals surface area contributed by atoms with Gasteiger partial charge in [0.15, 0.2) is 0 Å². The highest BCUT2D eigenvalue weighted by atomic mass is 32.1. The van der Waals surface area contributed by atoms with Crippen LogP contribution in [0.5, 0.6) is 5.75 Å². The molecule has 28 heavy (non-hydrogen) atoms. The average molecular weight is 394 g/mol. The van der Waals surface area contributed by atoms with Crippen LogP contribution in [-0.4, -0.2) is 17.8 Å². The van der Waals surface area contributed by atoms with E-state index >= 15 is 0 Å². The molecule has 0 aliphatic carbocycles. The van der Waals surface area contributed by atoms with E-state index in [1.807, 2.05) is 29.6 Å². The number of hydrogen-bond acceptors (Lipinski definition) is 5. The molecular weight excluding hydrogens is 366 g/mol. The van der Waals surface area contributed by atoms with Gasteiger partial charge in [-0.2, -0.15) is 5.10 Å². The molecule has 0 atom stereocenters. The van der Waals surface area contributed by atoms with Crippen molar-refractivity contribution in [1.29, 1.82) is 0 Å². The Hall–Kier alpha value is -2.66. The molecule has 4 nitrogen and oxygen atoms in total. The molecule has 0 saturated carbocycles. The highest BCUT2D eigenvalue weighted by Crippen LogP contribution is 2.25. The smallest absolute Gasteiger partial charge is 0.203 e. The van der Waals surface area contributed by atoms with Crippen molar-refractivity contribution in [3.05, 3.63) is 65.0 Å². The van der Waals surface area contributed by atoms with Crippen molar-refractivity contribution in [2.24, 2.45) is 5.10 Å². The maximum atomic E-state index is 5.77.